The third-order valence-electron chi connectivity index (χ3n) is 2.77. The standard InChI is InChI=1S/C10H16N2O2S2.ClH/c11-9-3-5-12(8-9)16(13,14)7-4-10-2-1-6-15-10;/h1-2,6,9H,3-5,7-8,11H2;1H/t9-;/m1./s1. The highest BCUT2D eigenvalue weighted by molar-refractivity contribution is 7.89. The lowest BCUT2D eigenvalue weighted by molar-refractivity contribution is 0.472. The van der Waals surface area contributed by atoms with Crippen LogP contribution in [-0.4, -0.2) is 37.6 Å². The maximum atomic E-state index is 11.9. The molecular weight excluding hydrogens is 280 g/mol. The number of halogens is 1. The van der Waals surface area contributed by atoms with Crippen LogP contribution in [0.3, 0.4) is 0 Å². The van der Waals surface area contributed by atoms with Gasteiger partial charge in [0.1, 0.15) is 0 Å². The van der Waals surface area contributed by atoms with Crippen LogP contribution in [0.2, 0.25) is 0 Å². The van der Waals surface area contributed by atoms with E-state index in [9.17, 15) is 8.42 Å². The van der Waals surface area contributed by atoms with E-state index in [1.165, 1.54) is 4.31 Å². The van der Waals surface area contributed by atoms with Crippen molar-refractivity contribution in [2.24, 2.45) is 5.73 Å². The molecule has 2 rings (SSSR count). The number of nitrogens with two attached hydrogens (primary N) is 1. The lowest BCUT2D eigenvalue weighted by Gasteiger charge is -2.15. The van der Waals surface area contributed by atoms with E-state index in [2.05, 4.69) is 0 Å². The van der Waals surface area contributed by atoms with E-state index < -0.39 is 10.0 Å². The van der Waals surface area contributed by atoms with Crippen molar-refractivity contribution in [1.29, 1.82) is 0 Å². The highest BCUT2D eigenvalue weighted by Crippen LogP contribution is 2.15. The summed E-state index contributed by atoms with van der Waals surface area (Å²) in [6.45, 7) is 1.06. The van der Waals surface area contributed by atoms with Crippen LogP contribution in [0.25, 0.3) is 0 Å². The molecule has 0 bridgehead atoms. The summed E-state index contributed by atoms with van der Waals surface area (Å²) in [5, 5.41) is 1.97. The fourth-order valence-electron chi connectivity index (χ4n) is 1.82. The average molecular weight is 297 g/mol. The number of nitrogens with zero attached hydrogens (tertiary/aromatic N) is 1. The van der Waals surface area contributed by atoms with Crippen molar-refractivity contribution in [1.82, 2.24) is 4.31 Å². The van der Waals surface area contributed by atoms with E-state index >= 15 is 0 Å². The van der Waals surface area contributed by atoms with Gasteiger partial charge in [0.15, 0.2) is 0 Å². The van der Waals surface area contributed by atoms with Crippen LogP contribution >= 0.6 is 23.7 Å². The average Bonchev–Trinajstić information content (AvgIpc) is 2.85. The third-order valence-corrected chi connectivity index (χ3v) is 5.54. The van der Waals surface area contributed by atoms with Crippen LogP contribution in [0, 0.1) is 0 Å². The molecular formula is C10H17ClN2O2S2. The summed E-state index contributed by atoms with van der Waals surface area (Å²) in [6, 6.07) is 3.92. The Labute approximate surface area is 112 Å². The van der Waals surface area contributed by atoms with Crippen LogP contribution in [0.15, 0.2) is 17.5 Å². The molecule has 1 aromatic heterocycles. The number of aryl methyl sites for hydroxylation is 1. The van der Waals surface area contributed by atoms with Crippen LogP contribution in [0.5, 0.6) is 0 Å². The van der Waals surface area contributed by atoms with E-state index in [1.54, 1.807) is 11.3 Å². The summed E-state index contributed by atoms with van der Waals surface area (Å²) in [5.74, 6) is 0.195. The van der Waals surface area contributed by atoms with Gasteiger partial charge in [-0.15, -0.1) is 23.7 Å². The minimum atomic E-state index is -3.11. The lowest BCUT2D eigenvalue weighted by Crippen LogP contribution is -2.34. The Morgan fingerprint density at radius 1 is 1.53 bits per heavy atom. The number of sulfonamides is 1. The maximum absolute atomic E-state index is 11.9. The summed E-state index contributed by atoms with van der Waals surface area (Å²) >= 11 is 1.60. The van der Waals surface area contributed by atoms with Crippen molar-refractivity contribution in [2.75, 3.05) is 18.8 Å². The van der Waals surface area contributed by atoms with Gasteiger partial charge in [0, 0.05) is 24.0 Å². The van der Waals surface area contributed by atoms with Gasteiger partial charge in [-0.25, -0.2) is 12.7 Å². The molecule has 0 aliphatic carbocycles. The van der Waals surface area contributed by atoms with Gasteiger partial charge >= 0.3 is 0 Å². The molecule has 2 N–H and O–H groups in total. The highest BCUT2D eigenvalue weighted by Gasteiger charge is 2.29. The topological polar surface area (TPSA) is 63.4 Å². The zero-order chi connectivity index (χ0) is 11.6. The molecule has 98 valence electrons. The molecule has 7 heteroatoms. The van der Waals surface area contributed by atoms with Gasteiger partial charge in [-0.1, -0.05) is 6.07 Å². The van der Waals surface area contributed by atoms with Crippen molar-refractivity contribution < 1.29 is 8.42 Å². The Hall–Kier alpha value is -0.140. The molecule has 0 unspecified atom stereocenters. The first-order valence-electron chi connectivity index (χ1n) is 5.34. The number of rotatable bonds is 4. The molecule has 0 amide bonds. The second-order valence-electron chi connectivity index (χ2n) is 4.05. The fourth-order valence-corrected chi connectivity index (χ4v) is 4.20. The summed E-state index contributed by atoms with van der Waals surface area (Å²) in [7, 11) is -3.11. The summed E-state index contributed by atoms with van der Waals surface area (Å²) < 4.78 is 25.4. The molecule has 0 spiro atoms. The number of hydrogen-bond donors (Lipinski definition) is 1. The van der Waals surface area contributed by atoms with Crippen LogP contribution in [0.1, 0.15) is 11.3 Å². The third kappa shape index (κ3) is 3.93. The largest absolute Gasteiger partial charge is 0.326 e. The minimum absolute atomic E-state index is 0. The molecule has 1 aromatic rings. The van der Waals surface area contributed by atoms with Crippen LogP contribution < -0.4 is 5.73 Å². The van der Waals surface area contributed by atoms with Crippen LogP contribution in [0.4, 0.5) is 0 Å². The first-order chi connectivity index (χ1) is 7.58. The lowest BCUT2D eigenvalue weighted by atomic mass is 10.3. The first-order valence-corrected chi connectivity index (χ1v) is 7.82. The van der Waals surface area contributed by atoms with Gasteiger partial charge in [0.05, 0.1) is 5.75 Å². The zero-order valence-electron chi connectivity index (χ0n) is 9.41. The number of thiophene rings is 1. The molecule has 0 aromatic carbocycles. The molecule has 1 saturated heterocycles. The predicted octanol–water partition coefficient (Wildman–Crippen LogP) is 1.08. The minimum Gasteiger partial charge on any atom is -0.326 e. The van der Waals surface area contributed by atoms with Gasteiger partial charge in [0.2, 0.25) is 10.0 Å². The Morgan fingerprint density at radius 3 is 2.82 bits per heavy atom. The van der Waals surface area contributed by atoms with Gasteiger partial charge < -0.3 is 5.73 Å². The van der Waals surface area contributed by atoms with Gasteiger partial charge in [-0.05, 0) is 24.3 Å². The van der Waals surface area contributed by atoms with Crippen molar-refractivity contribution in [3.05, 3.63) is 22.4 Å². The Morgan fingerprint density at radius 2 is 2.29 bits per heavy atom. The maximum Gasteiger partial charge on any atom is 0.214 e. The van der Waals surface area contributed by atoms with Gasteiger partial charge in [-0.3, -0.25) is 0 Å². The van der Waals surface area contributed by atoms with E-state index in [1.807, 2.05) is 17.5 Å². The second kappa shape index (κ2) is 6.15. The molecule has 4 nitrogen and oxygen atoms in total. The normalized spacial score (nSPS) is 21.4. The van der Waals surface area contributed by atoms with Crippen LogP contribution in [-0.2, 0) is 16.4 Å². The van der Waals surface area contributed by atoms with Crippen molar-refractivity contribution in [3.63, 3.8) is 0 Å². The zero-order valence-corrected chi connectivity index (χ0v) is 11.9. The van der Waals surface area contributed by atoms with E-state index in [0.29, 0.717) is 19.5 Å². The highest BCUT2D eigenvalue weighted by atomic mass is 35.5. The summed E-state index contributed by atoms with van der Waals surface area (Å²) in [6.07, 6.45) is 1.38. The summed E-state index contributed by atoms with van der Waals surface area (Å²) in [5.41, 5.74) is 5.71. The SMILES string of the molecule is Cl.N[C@@H]1CCN(S(=O)(=O)CCc2cccs2)C1. The summed E-state index contributed by atoms with van der Waals surface area (Å²) in [4.78, 5) is 1.12. The van der Waals surface area contributed by atoms with Crippen molar-refractivity contribution in [3.8, 4) is 0 Å². The second-order valence-corrected chi connectivity index (χ2v) is 7.17. The molecule has 1 aliphatic rings. The quantitative estimate of drug-likeness (QED) is 0.904. The van der Waals surface area contributed by atoms with Gasteiger partial charge in [0.25, 0.3) is 0 Å². The predicted molar refractivity (Wildman–Crippen MR) is 73.2 cm³/mol. The molecule has 1 fully saturated rings. The van der Waals surface area contributed by atoms with Crippen molar-refractivity contribution >= 4 is 33.8 Å². The molecule has 1 aliphatic heterocycles. The van der Waals surface area contributed by atoms with E-state index in [0.717, 1.165) is 11.3 Å². The Balaban J connectivity index is 0.00000144. The molecule has 0 radical (unpaired) electrons. The van der Waals surface area contributed by atoms with E-state index in [4.69, 9.17) is 5.73 Å². The Kier molecular flexibility index (Phi) is 5.40. The fraction of sp³-hybridized carbons (Fsp3) is 0.600. The van der Waals surface area contributed by atoms with E-state index in [-0.39, 0.29) is 24.2 Å². The Bertz CT molecular complexity index is 433. The first kappa shape index (κ1) is 14.9. The number of hydrogen-bond acceptors (Lipinski definition) is 4. The van der Waals surface area contributed by atoms with Crippen molar-refractivity contribution in [2.45, 2.75) is 18.9 Å². The molecule has 1 atom stereocenters. The molecule has 17 heavy (non-hydrogen) atoms. The van der Waals surface area contributed by atoms with Gasteiger partial charge in [-0.2, -0.15) is 0 Å². The molecule has 0 saturated carbocycles. The monoisotopic (exact) mass is 296 g/mol. The molecule has 2 heterocycles. The smallest absolute Gasteiger partial charge is 0.214 e.